The molecule has 106 valence electrons. The van der Waals surface area contributed by atoms with Crippen LogP contribution < -0.4 is 0 Å². The standard InChI is InChI=1S/C16H23BrFN/c1-2-5-13-6-4-10-19(11-9-13)12-14-7-3-8-15(18)16(14)17/h3,7-8,13H,2,4-6,9-12H2,1H3. The molecule has 1 heterocycles. The lowest BCUT2D eigenvalue weighted by Gasteiger charge is -2.21. The van der Waals surface area contributed by atoms with Gasteiger partial charge in [0.1, 0.15) is 5.82 Å². The second kappa shape index (κ2) is 7.39. The minimum Gasteiger partial charge on any atom is -0.299 e. The Kier molecular flexibility index (Phi) is 5.83. The topological polar surface area (TPSA) is 3.24 Å². The first kappa shape index (κ1) is 15.0. The van der Waals surface area contributed by atoms with Crippen molar-refractivity contribution in [2.45, 2.75) is 45.6 Å². The van der Waals surface area contributed by atoms with Crippen molar-refractivity contribution in [3.8, 4) is 0 Å². The third kappa shape index (κ3) is 4.28. The molecule has 0 radical (unpaired) electrons. The van der Waals surface area contributed by atoms with Gasteiger partial charge in [0, 0.05) is 6.54 Å². The molecule has 0 bridgehead atoms. The van der Waals surface area contributed by atoms with Gasteiger partial charge >= 0.3 is 0 Å². The molecule has 19 heavy (non-hydrogen) atoms. The molecule has 0 aliphatic carbocycles. The molecule has 1 unspecified atom stereocenters. The monoisotopic (exact) mass is 327 g/mol. The maximum absolute atomic E-state index is 13.5. The zero-order chi connectivity index (χ0) is 13.7. The smallest absolute Gasteiger partial charge is 0.137 e. The highest BCUT2D eigenvalue weighted by molar-refractivity contribution is 9.10. The van der Waals surface area contributed by atoms with Gasteiger partial charge < -0.3 is 0 Å². The molecule has 1 saturated heterocycles. The fourth-order valence-corrected chi connectivity index (χ4v) is 3.38. The van der Waals surface area contributed by atoms with Crippen molar-refractivity contribution >= 4 is 15.9 Å². The van der Waals surface area contributed by atoms with E-state index in [0.29, 0.717) is 4.47 Å². The summed E-state index contributed by atoms with van der Waals surface area (Å²) in [5.41, 5.74) is 1.06. The number of hydrogen-bond acceptors (Lipinski definition) is 1. The number of hydrogen-bond donors (Lipinski definition) is 0. The van der Waals surface area contributed by atoms with Crippen LogP contribution in [0.2, 0.25) is 0 Å². The number of halogens is 2. The Balaban J connectivity index is 1.94. The van der Waals surface area contributed by atoms with Crippen LogP contribution in [0.1, 0.15) is 44.6 Å². The normalized spacial score (nSPS) is 21.3. The Morgan fingerprint density at radius 2 is 2.16 bits per heavy atom. The average Bonchev–Trinajstić information content (AvgIpc) is 2.61. The SMILES string of the molecule is CCCC1CCCN(Cc2cccc(F)c2Br)CC1. The van der Waals surface area contributed by atoms with Crippen LogP contribution in [0.15, 0.2) is 22.7 Å². The lowest BCUT2D eigenvalue weighted by atomic mass is 9.96. The first-order valence-corrected chi connectivity index (χ1v) is 8.15. The summed E-state index contributed by atoms with van der Waals surface area (Å²) in [5.74, 6) is 0.738. The van der Waals surface area contributed by atoms with Crippen LogP contribution in [0.25, 0.3) is 0 Å². The van der Waals surface area contributed by atoms with Crippen LogP contribution in [0.4, 0.5) is 4.39 Å². The Labute approximate surface area is 124 Å². The van der Waals surface area contributed by atoms with Crippen molar-refractivity contribution in [1.29, 1.82) is 0 Å². The van der Waals surface area contributed by atoms with Crippen molar-refractivity contribution in [2.75, 3.05) is 13.1 Å². The number of nitrogens with zero attached hydrogens (tertiary/aromatic N) is 1. The van der Waals surface area contributed by atoms with Crippen molar-refractivity contribution in [3.05, 3.63) is 34.1 Å². The molecule has 3 heteroatoms. The predicted molar refractivity (Wildman–Crippen MR) is 81.6 cm³/mol. The Morgan fingerprint density at radius 1 is 1.32 bits per heavy atom. The van der Waals surface area contributed by atoms with Crippen LogP contribution in [0, 0.1) is 11.7 Å². The molecule has 1 aliphatic rings. The van der Waals surface area contributed by atoms with Crippen molar-refractivity contribution in [2.24, 2.45) is 5.92 Å². The second-order valence-electron chi connectivity index (χ2n) is 5.57. The summed E-state index contributed by atoms with van der Waals surface area (Å²) in [6.45, 7) is 5.42. The summed E-state index contributed by atoms with van der Waals surface area (Å²) in [6.07, 6.45) is 6.57. The fourth-order valence-electron chi connectivity index (χ4n) is 2.99. The maximum atomic E-state index is 13.5. The first-order chi connectivity index (χ1) is 9.20. The van der Waals surface area contributed by atoms with E-state index in [2.05, 4.69) is 27.8 Å². The van der Waals surface area contributed by atoms with Crippen molar-refractivity contribution < 1.29 is 4.39 Å². The summed E-state index contributed by atoms with van der Waals surface area (Å²) in [7, 11) is 0. The van der Waals surface area contributed by atoms with Crippen LogP contribution in [-0.4, -0.2) is 18.0 Å². The highest BCUT2D eigenvalue weighted by atomic mass is 79.9. The van der Waals surface area contributed by atoms with Crippen LogP contribution in [-0.2, 0) is 6.54 Å². The van der Waals surface area contributed by atoms with Gasteiger partial charge in [-0.3, -0.25) is 4.90 Å². The predicted octanol–water partition coefficient (Wildman–Crippen LogP) is 4.99. The van der Waals surface area contributed by atoms with E-state index in [1.165, 1.54) is 38.2 Å². The van der Waals surface area contributed by atoms with E-state index in [4.69, 9.17) is 0 Å². The summed E-state index contributed by atoms with van der Waals surface area (Å²) in [6, 6.07) is 5.32. The average molecular weight is 328 g/mol. The Bertz CT molecular complexity index is 408. The number of likely N-dealkylation sites (tertiary alicyclic amines) is 1. The zero-order valence-electron chi connectivity index (χ0n) is 11.7. The molecule has 0 N–H and O–H groups in total. The Morgan fingerprint density at radius 3 is 2.95 bits per heavy atom. The minimum atomic E-state index is -0.156. The van der Waals surface area contributed by atoms with Crippen molar-refractivity contribution in [3.63, 3.8) is 0 Å². The molecule has 0 amide bonds. The Hall–Kier alpha value is -0.410. The molecule has 1 nitrogen and oxygen atoms in total. The van der Waals surface area contributed by atoms with Gasteiger partial charge in [-0.15, -0.1) is 0 Å². The third-order valence-corrected chi connectivity index (χ3v) is 4.95. The van der Waals surface area contributed by atoms with E-state index in [-0.39, 0.29) is 5.82 Å². The van der Waals surface area contributed by atoms with Gasteiger partial charge in [0.15, 0.2) is 0 Å². The molecule has 1 fully saturated rings. The molecule has 1 aliphatic heterocycles. The van der Waals surface area contributed by atoms with Gasteiger partial charge in [-0.25, -0.2) is 4.39 Å². The lowest BCUT2D eigenvalue weighted by Crippen LogP contribution is -2.24. The molecule has 1 aromatic carbocycles. The first-order valence-electron chi connectivity index (χ1n) is 7.36. The highest BCUT2D eigenvalue weighted by Gasteiger charge is 2.17. The highest BCUT2D eigenvalue weighted by Crippen LogP contribution is 2.25. The summed E-state index contributed by atoms with van der Waals surface area (Å²) < 4.78 is 14.1. The minimum absolute atomic E-state index is 0.156. The second-order valence-corrected chi connectivity index (χ2v) is 6.37. The van der Waals surface area contributed by atoms with Gasteiger partial charge in [0.2, 0.25) is 0 Å². The molecular formula is C16H23BrFN. The van der Waals surface area contributed by atoms with E-state index < -0.39 is 0 Å². The molecule has 0 spiro atoms. The summed E-state index contributed by atoms with van der Waals surface area (Å²) >= 11 is 3.36. The molecule has 2 rings (SSSR count). The van der Waals surface area contributed by atoms with Crippen LogP contribution >= 0.6 is 15.9 Å². The van der Waals surface area contributed by atoms with Gasteiger partial charge in [-0.1, -0.05) is 31.9 Å². The summed E-state index contributed by atoms with van der Waals surface area (Å²) in [5, 5.41) is 0. The number of benzene rings is 1. The van der Waals surface area contributed by atoms with Gasteiger partial charge in [-0.05, 0) is 65.8 Å². The quantitative estimate of drug-likeness (QED) is 0.752. The summed E-state index contributed by atoms with van der Waals surface area (Å²) in [4.78, 5) is 2.47. The largest absolute Gasteiger partial charge is 0.299 e. The zero-order valence-corrected chi connectivity index (χ0v) is 13.3. The van der Waals surface area contributed by atoms with E-state index in [0.717, 1.165) is 31.1 Å². The van der Waals surface area contributed by atoms with Gasteiger partial charge in [-0.2, -0.15) is 0 Å². The molecule has 0 saturated carbocycles. The van der Waals surface area contributed by atoms with Crippen LogP contribution in [0.5, 0.6) is 0 Å². The lowest BCUT2D eigenvalue weighted by molar-refractivity contribution is 0.270. The molecule has 1 aromatic rings. The van der Waals surface area contributed by atoms with Crippen molar-refractivity contribution in [1.82, 2.24) is 4.90 Å². The molecule has 0 aromatic heterocycles. The van der Waals surface area contributed by atoms with E-state index in [9.17, 15) is 4.39 Å². The molecular weight excluding hydrogens is 305 g/mol. The van der Waals surface area contributed by atoms with Gasteiger partial charge in [0.05, 0.1) is 4.47 Å². The van der Waals surface area contributed by atoms with E-state index in [1.807, 2.05) is 6.07 Å². The third-order valence-electron chi connectivity index (χ3n) is 4.06. The maximum Gasteiger partial charge on any atom is 0.137 e. The number of rotatable bonds is 4. The van der Waals surface area contributed by atoms with E-state index in [1.54, 1.807) is 6.07 Å². The van der Waals surface area contributed by atoms with Crippen LogP contribution in [0.3, 0.4) is 0 Å². The molecule has 1 atom stereocenters. The fraction of sp³-hybridized carbons (Fsp3) is 0.625. The van der Waals surface area contributed by atoms with E-state index >= 15 is 0 Å². The van der Waals surface area contributed by atoms with Gasteiger partial charge in [0.25, 0.3) is 0 Å².